The van der Waals surface area contributed by atoms with E-state index in [9.17, 15) is 0 Å². The molecule has 3 nitrogen and oxygen atoms in total. The number of hydrogen-bond donors (Lipinski definition) is 0. The van der Waals surface area contributed by atoms with E-state index in [0.29, 0.717) is 0 Å². The third kappa shape index (κ3) is 3.33. The number of benzene rings is 1. The van der Waals surface area contributed by atoms with Gasteiger partial charge in [0, 0.05) is 37.7 Å². The van der Waals surface area contributed by atoms with Gasteiger partial charge in [-0.1, -0.05) is 45.7 Å². The van der Waals surface area contributed by atoms with E-state index in [1.165, 1.54) is 5.56 Å². The maximum absolute atomic E-state index is 6.27. The average molecular weight is 367 g/mol. The first kappa shape index (κ1) is 14.7. The Morgan fingerprint density at radius 1 is 1.00 bits per heavy atom. The van der Waals surface area contributed by atoms with E-state index >= 15 is 0 Å². The second kappa shape index (κ2) is 6.67. The minimum absolute atomic E-state index is 0.825. The van der Waals surface area contributed by atoms with Crippen LogP contribution in [0.1, 0.15) is 5.56 Å². The molecule has 3 rings (SSSR count). The zero-order chi connectivity index (χ0) is 14.7. The number of nitrogens with zero attached hydrogens (tertiary/aromatic N) is 3. The molecular formula is C16H17BrClN3. The quantitative estimate of drug-likeness (QED) is 0.767. The Balaban J connectivity index is 1.66. The Labute approximate surface area is 138 Å². The summed E-state index contributed by atoms with van der Waals surface area (Å²) in [5, 5.41) is 1.67. The van der Waals surface area contributed by atoms with Crippen LogP contribution >= 0.6 is 27.5 Å². The van der Waals surface area contributed by atoms with Crippen molar-refractivity contribution in [2.75, 3.05) is 36.0 Å². The van der Waals surface area contributed by atoms with Crippen LogP contribution in [0.5, 0.6) is 0 Å². The maximum Gasteiger partial charge on any atom is 0.128 e. The average Bonchev–Trinajstić information content (AvgIpc) is 2.56. The summed E-state index contributed by atoms with van der Waals surface area (Å²) >= 11 is 9.72. The molecule has 1 aliphatic heterocycles. The normalized spacial score (nSPS) is 15.3. The van der Waals surface area contributed by atoms with Gasteiger partial charge in [-0.15, -0.1) is 0 Å². The van der Waals surface area contributed by atoms with E-state index in [-0.39, 0.29) is 0 Å². The van der Waals surface area contributed by atoms with Gasteiger partial charge in [0.15, 0.2) is 0 Å². The molecule has 2 heterocycles. The molecule has 5 heteroatoms. The van der Waals surface area contributed by atoms with Crippen LogP contribution in [-0.2, 0) is 5.33 Å². The monoisotopic (exact) mass is 365 g/mol. The topological polar surface area (TPSA) is 19.4 Å². The summed E-state index contributed by atoms with van der Waals surface area (Å²) in [5.41, 5.74) is 2.33. The van der Waals surface area contributed by atoms with E-state index in [4.69, 9.17) is 11.6 Å². The van der Waals surface area contributed by atoms with E-state index in [1.807, 2.05) is 24.4 Å². The number of halogens is 2. The van der Waals surface area contributed by atoms with Crippen molar-refractivity contribution in [3.8, 4) is 0 Å². The summed E-state index contributed by atoms with van der Waals surface area (Å²) in [6.45, 7) is 3.86. The van der Waals surface area contributed by atoms with Crippen LogP contribution < -0.4 is 9.80 Å². The zero-order valence-corrected chi connectivity index (χ0v) is 14.0. The number of aromatic nitrogens is 1. The number of piperazine rings is 1. The van der Waals surface area contributed by atoms with Crippen molar-refractivity contribution in [2.45, 2.75) is 5.33 Å². The Morgan fingerprint density at radius 2 is 1.71 bits per heavy atom. The molecule has 0 saturated carbocycles. The van der Waals surface area contributed by atoms with Crippen molar-refractivity contribution in [2.24, 2.45) is 0 Å². The summed E-state index contributed by atoms with van der Waals surface area (Å²) < 4.78 is 0. The molecule has 0 atom stereocenters. The van der Waals surface area contributed by atoms with Crippen molar-refractivity contribution in [3.05, 3.63) is 53.2 Å². The van der Waals surface area contributed by atoms with Crippen molar-refractivity contribution in [3.63, 3.8) is 0 Å². The SMILES string of the molecule is Clc1ccccc1N1CCN(c2ccc(CBr)cn2)CC1. The lowest BCUT2D eigenvalue weighted by molar-refractivity contribution is 0.647. The van der Waals surface area contributed by atoms with Gasteiger partial charge in [-0.3, -0.25) is 0 Å². The van der Waals surface area contributed by atoms with Crippen LogP contribution in [0.15, 0.2) is 42.6 Å². The fourth-order valence-corrected chi connectivity index (χ4v) is 3.15. The number of anilines is 2. The van der Waals surface area contributed by atoms with Crippen molar-refractivity contribution in [1.29, 1.82) is 0 Å². The Hall–Kier alpha value is -1.26. The minimum atomic E-state index is 0.825. The van der Waals surface area contributed by atoms with Crippen LogP contribution in [0.4, 0.5) is 11.5 Å². The first-order valence-electron chi connectivity index (χ1n) is 7.03. The van der Waals surface area contributed by atoms with Crippen LogP contribution in [-0.4, -0.2) is 31.2 Å². The molecule has 0 N–H and O–H groups in total. The number of rotatable bonds is 3. The predicted molar refractivity (Wildman–Crippen MR) is 92.7 cm³/mol. The van der Waals surface area contributed by atoms with Gasteiger partial charge in [-0.2, -0.15) is 0 Å². The highest BCUT2D eigenvalue weighted by Crippen LogP contribution is 2.26. The van der Waals surface area contributed by atoms with Crippen molar-refractivity contribution < 1.29 is 0 Å². The molecule has 2 aromatic rings. The van der Waals surface area contributed by atoms with E-state index in [0.717, 1.165) is 48.0 Å². The molecule has 1 saturated heterocycles. The number of para-hydroxylation sites is 1. The molecule has 0 unspecified atom stereocenters. The molecule has 0 amide bonds. The van der Waals surface area contributed by atoms with Gasteiger partial charge in [0.25, 0.3) is 0 Å². The standard InChI is InChI=1S/C16H17BrClN3/c17-11-13-5-6-16(19-12-13)21-9-7-20(8-10-21)15-4-2-1-3-14(15)18/h1-6,12H,7-11H2. The zero-order valence-electron chi connectivity index (χ0n) is 11.7. The number of hydrogen-bond acceptors (Lipinski definition) is 3. The Kier molecular flexibility index (Phi) is 4.66. The van der Waals surface area contributed by atoms with E-state index in [1.54, 1.807) is 0 Å². The summed E-state index contributed by atoms with van der Waals surface area (Å²) in [7, 11) is 0. The molecule has 1 aliphatic rings. The van der Waals surface area contributed by atoms with Gasteiger partial charge in [-0.25, -0.2) is 4.98 Å². The predicted octanol–water partition coefficient (Wildman–Crippen LogP) is 3.96. The molecule has 1 aromatic carbocycles. The lowest BCUT2D eigenvalue weighted by atomic mass is 10.2. The van der Waals surface area contributed by atoms with E-state index < -0.39 is 0 Å². The molecule has 0 radical (unpaired) electrons. The van der Waals surface area contributed by atoms with Gasteiger partial charge in [0.2, 0.25) is 0 Å². The van der Waals surface area contributed by atoms with Crippen molar-refractivity contribution in [1.82, 2.24) is 4.98 Å². The first-order valence-corrected chi connectivity index (χ1v) is 8.53. The van der Waals surface area contributed by atoms with Crippen LogP contribution in [0.3, 0.4) is 0 Å². The molecule has 0 spiro atoms. The lowest BCUT2D eigenvalue weighted by Gasteiger charge is -2.37. The van der Waals surface area contributed by atoms with Gasteiger partial charge < -0.3 is 9.80 Å². The summed E-state index contributed by atoms with van der Waals surface area (Å²) in [4.78, 5) is 9.20. The van der Waals surface area contributed by atoms with Crippen LogP contribution in [0, 0.1) is 0 Å². The molecular weight excluding hydrogens is 350 g/mol. The molecule has 110 valence electrons. The fourth-order valence-electron chi connectivity index (χ4n) is 2.57. The van der Waals surface area contributed by atoms with Gasteiger partial charge in [0.1, 0.15) is 5.82 Å². The van der Waals surface area contributed by atoms with E-state index in [2.05, 4.69) is 48.9 Å². The smallest absolute Gasteiger partial charge is 0.128 e. The minimum Gasteiger partial charge on any atom is -0.367 e. The molecule has 0 aliphatic carbocycles. The van der Waals surface area contributed by atoms with Crippen LogP contribution in [0.25, 0.3) is 0 Å². The second-order valence-electron chi connectivity index (χ2n) is 5.08. The highest BCUT2D eigenvalue weighted by Gasteiger charge is 2.19. The Bertz CT molecular complexity index is 595. The second-order valence-corrected chi connectivity index (χ2v) is 6.05. The lowest BCUT2D eigenvalue weighted by Crippen LogP contribution is -2.46. The van der Waals surface area contributed by atoms with Crippen molar-refractivity contribution >= 4 is 39.0 Å². The third-order valence-corrected chi connectivity index (χ3v) is 4.73. The molecule has 1 fully saturated rings. The first-order chi connectivity index (χ1) is 10.3. The summed E-state index contributed by atoms with van der Waals surface area (Å²) in [5.74, 6) is 1.05. The van der Waals surface area contributed by atoms with Gasteiger partial charge in [0.05, 0.1) is 10.7 Å². The summed E-state index contributed by atoms with van der Waals surface area (Å²) in [6.07, 6.45) is 1.94. The highest BCUT2D eigenvalue weighted by molar-refractivity contribution is 9.08. The third-order valence-electron chi connectivity index (χ3n) is 3.76. The Morgan fingerprint density at radius 3 is 2.33 bits per heavy atom. The highest BCUT2D eigenvalue weighted by atomic mass is 79.9. The van der Waals surface area contributed by atoms with Gasteiger partial charge in [-0.05, 0) is 23.8 Å². The fraction of sp³-hybridized carbons (Fsp3) is 0.312. The number of pyridine rings is 1. The van der Waals surface area contributed by atoms with Crippen LogP contribution in [0.2, 0.25) is 5.02 Å². The molecule has 21 heavy (non-hydrogen) atoms. The largest absolute Gasteiger partial charge is 0.367 e. The maximum atomic E-state index is 6.27. The number of alkyl halides is 1. The summed E-state index contributed by atoms with van der Waals surface area (Å²) in [6, 6.07) is 12.3. The molecule has 0 bridgehead atoms. The molecule has 1 aromatic heterocycles. The van der Waals surface area contributed by atoms with Gasteiger partial charge >= 0.3 is 0 Å².